The van der Waals surface area contributed by atoms with Gasteiger partial charge in [0.2, 0.25) is 0 Å². The third kappa shape index (κ3) is 5.75. The Morgan fingerprint density at radius 1 is 1.50 bits per heavy atom. The zero-order valence-corrected chi connectivity index (χ0v) is 11.0. The van der Waals surface area contributed by atoms with Crippen LogP contribution in [0.3, 0.4) is 0 Å². The second kappa shape index (κ2) is 6.90. The lowest BCUT2D eigenvalue weighted by Gasteiger charge is -2.11. The molecule has 1 aromatic rings. The molecular weight excluding hydrogens is 297 g/mol. The fraction of sp³-hybridized carbons (Fsp3) is 0.500. The molecule has 2 heterocycles. The van der Waals surface area contributed by atoms with Gasteiger partial charge < -0.3 is 35.0 Å². The molecule has 0 aromatic carbocycles. The van der Waals surface area contributed by atoms with E-state index >= 15 is 0 Å². The normalized spacial score (nSPS) is 22.2. The number of hydrogen-bond acceptors (Lipinski definition) is 7. The number of hydrogen-bond donors (Lipinski definition) is 5. The Morgan fingerprint density at radius 3 is 2.55 bits per heavy atom. The van der Waals surface area contributed by atoms with Gasteiger partial charge in [-0.05, 0) is 6.07 Å². The van der Waals surface area contributed by atoms with Crippen molar-refractivity contribution >= 4 is 13.6 Å². The third-order valence-electron chi connectivity index (χ3n) is 2.04. The van der Waals surface area contributed by atoms with E-state index in [0.717, 1.165) is 0 Å². The molecule has 0 bridgehead atoms. The van der Waals surface area contributed by atoms with Gasteiger partial charge in [0.25, 0.3) is 0 Å². The summed E-state index contributed by atoms with van der Waals surface area (Å²) in [5, 5.41) is 8.77. The van der Waals surface area contributed by atoms with E-state index in [2.05, 4.69) is 4.98 Å². The molecule has 0 saturated carbocycles. The molecule has 0 unspecified atom stereocenters. The van der Waals surface area contributed by atoms with Crippen LogP contribution in [0, 0.1) is 0 Å². The van der Waals surface area contributed by atoms with E-state index in [9.17, 15) is 4.79 Å². The molecule has 1 saturated heterocycles. The number of nitrogen functional groups attached to an aromatic ring is 1. The van der Waals surface area contributed by atoms with Crippen molar-refractivity contribution in [2.75, 3.05) is 18.9 Å². The SMILES string of the molecule is Nc1ccn([C@@H]2CO[C@H](CO)O2)c(=O)n1.O=P(O)(O)O. The number of ether oxygens (including phenoxy) is 2. The highest BCUT2D eigenvalue weighted by Crippen LogP contribution is 2.25. The summed E-state index contributed by atoms with van der Waals surface area (Å²) in [7, 11) is -4.64. The van der Waals surface area contributed by atoms with Gasteiger partial charge in [-0.2, -0.15) is 4.98 Å². The van der Waals surface area contributed by atoms with Crippen LogP contribution in [0.1, 0.15) is 6.23 Å². The van der Waals surface area contributed by atoms with Gasteiger partial charge in [0.05, 0.1) is 13.2 Å². The summed E-state index contributed by atoms with van der Waals surface area (Å²) in [4.78, 5) is 36.5. The molecule has 1 aromatic heterocycles. The minimum absolute atomic E-state index is 0.161. The van der Waals surface area contributed by atoms with Gasteiger partial charge >= 0.3 is 13.5 Å². The number of nitrogens with two attached hydrogens (primary N) is 1. The van der Waals surface area contributed by atoms with E-state index in [-0.39, 0.29) is 19.0 Å². The lowest BCUT2D eigenvalue weighted by Crippen LogP contribution is -2.28. The number of nitrogens with zero attached hydrogens (tertiary/aromatic N) is 2. The van der Waals surface area contributed by atoms with E-state index in [1.54, 1.807) is 0 Å². The van der Waals surface area contributed by atoms with Crippen molar-refractivity contribution in [3.63, 3.8) is 0 Å². The largest absolute Gasteiger partial charge is 0.466 e. The first-order valence-electron chi connectivity index (χ1n) is 5.21. The molecule has 0 amide bonds. The van der Waals surface area contributed by atoms with Crippen LogP contribution < -0.4 is 11.4 Å². The Labute approximate surface area is 112 Å². The molecule has 11 nitrogen and oxygen atoms in total. The Kier molecular flexibility index (Phi) is 5.77. The van der Waals surface area contributed by atoms with Crippen LogP contribution in [0.4, 0.5) is 5.82 Å². The second-order valence-electron chi connectivity index (χ2n) is 3.59. The first-order valence-corrected chi connectivity index (χ1v) is 6.78. The van der Waals surface area contributed by atoms with Gasteiger partial charge in [0.15, 0.2) is 12.5 Å². The number of phosphoric acid groups is 1. The first-order chi connectivity index (χ1) is 9.20. The van der Waals surface area contributed by atoms with Gasteiger partial charge in [0.1, 0.15) is 5.82 Å². The zero-order valence-electron chi connectivity index (χ0n) is 10.1. The van der Waals surface area contributed by atoms with Crippen LogP contribution in [0.15, 0.2) is 17.1 Å². The fourth-order valence-corrected chi connectivity index (χ4v) is 1.33. The monoisotopic (exact) mass is 311 g/mol. The van der Waals surface area contributed by atoms with Crippen LogP contribution in [0.25, 0.3) is 0 Å². The molecule has 12 heteroatoms. The van der Waals surface area contributed by atoms with Crippen LogP contribution in [-0.4, -0.2) is 48.8 Å². The second-order valence-corrected chi connectivity index (χ2v) is 4.62. The maximum absolute atomic E-state index is 11.4. The molecule has 1 aliphatic heterocycles. The third-order valence-corrected chi connectivity index (χ3v) is 2.04. The Bertz CT molecular complexity index is 535. The summed E-state index contributed by atoms with van der Waals surface area (Å²) in [5.41, 5.74) is 4.85. The molecule has 0 spiro atoms. The number of aromatic nitrogens is 2. The van der Waals surface area contributed by atoms with Crippen molar-refractivity contribution in [3.05, 3.63) is 22.7 Å². The van der Waals surface area contributed by atoms with Crippen molar-refractivity contribution < 1.29 is 33.8 Å². The maximum atomic E-state index is 11.4. The molecular formula is C8H14N3O8P. The fourth-order valence-electron chi connectivity index (χ4n) is 1.33. The Balaban J connectivity index is 0.000000347. The van der Waals surface area contributed by atoms with Crippen molar-refractivity contribution in [2.45, 2.75) is 12.5 Å². The van der Waals surface area contributed by atoms with Crippen molar-refractivity contribution in [3.8, 4) is 0 Å². The van der Waals surface area contributed by atoms with Crippen molar-refractivity contribution in [1.29, 1.82) is 0 Å². The average molecular weight is 311 g/mol. The van der Waals surface area contributed by atoms with Crippen LogP contribution >= 0.6 is 7.82 Å². The minimum Gasteiger partial charge on any atom is -0.391 e. The first kappa shape index (κ1) is 16.7. The molecule has 6 N–H and O–H groups in total. The molecule has 114 valence electrons. The maximum Gasteiger partial charge on any atom is 0.466 e. The summed E-state index contributed by atoms with van der Waals surface area (Å²) in [6.07, 6.45) is 0.250. The van der Waals surface area contributed by atoms with Gasteiger partial charge in [-0.1, -0.05) is 0 Å². The topological polar surface area (TPSA) is 177 Å². The predicted octanol–water partition coefficient (Wildman–Crippen LogP) is -2.24. The van der Waals surface area contributed by atoms with Gasteiger partial charge in [-0.25, -0.2) is 9.36 Å². The molecule has 20 heavy (non-hydrogen) atoms. The van der Waals surface area contributed by atoms with Gasteiger partial charge in [-0.3, -0.25) is 4.57 Å². The predicted molar refractivity (Wildman–Crippen MR) is 64.1 cm³/mol. The zero-order chi connectivity index (χ0) is 15.3. The molecule has 2 rings (SSSR count). The summed E-state index contributed by atoms with van der Waals surface area (Å²) in [5.74, 6) is 0.161. The van der Waals surface area contributed by atoms with E-state index < -0.39 is 26.0 Å². The number of anilines is 1. The van der Waals surface area contributed by atoms with Crippen LogP contribution in [0.2, 0.25) is 0 Å². The molecule has 1 fully saturated rings. The lowest BCUT2D eigenvalue weighted by molar-refractivity contribution is -0.0992. The molecule has 1 aliphatic rings. The Morgan fingerprint density at radius 2 is 2.10 bits per heavy atom. The van der Waals surface area contributed by atoms with Crippen LogP contribution in [-0.2, 0) is 14.0 Å². The summed E-state index contributed by atoms with van der Waals surface area (Å²) in [6.45, 7) is -0.0373. The quantitative estimate of drug-likeness (QED) is 0.375. The highest BCUT2D eigenvalue weighted by molar-refractivity contribution is 7.45. The van der Waals surface area contributed by atoms with Gasteiger partial charge in [-0.15, -0.1) is 0 Å². The lowest BCUT2D eigenvalue weighted by atomic mass is 10.5. The van der Waals surface area contributed by atoms with Crippen molar-refractivity contribution in [2.24, 2.45) is 0 Å². The summed E-state index contributed by atoms with van der Waals surface area (Å²) < 4.78 is 20.4. The number of rotatable bonds is 2. The standard InChI is InChI=1S/C8H11N3O4.H3O4P/c9-5-1-2-11(8(13)10-5)6-4-14-7(3-12)15-6;1-5(2,3)4/h1-2,6-7,12H,3-4H2,(H2,9,10,13);(H3,1,2,3,4)/t6-,7-;/m0./s1. The summed E-state index contributed by atoms with van der Waals surface area (Å²) in [6, 6.07) is 1.50. The highest BCUT2D eigenvalue weighted by Gasteiger charge is 2.27. The molecule has 0 aliphatic carbocycles. The Hall–Kier alpha value is -1.33. The van der Waals surface area contributed by atoms with E-state index in [0.29, 0.717) is 0 Å². The van der Waals surface area contributed by atoms with Gasteiger partial charge in [0, 0.05) is 6.20 Å². The minimum atomic E-state index is -4.64. The molecule has 2 atom stereocenters. The van der Waals surface area contributed by atoms with Crippen molar-refractivity contribution in [1.82, 2.24) is 9.55 Å². The van der Waals surface area contributed by atoms with E-state index in [1.165, 1.54) is 16.8 Å². The number of aliphatic hydroxyl groups excluding tert-OH is 1. The average Bonchev–Trinajstić information content (AvgIpc) is 2.75. The van der Waals surface area contributed by atoms with E-state index in [1.807, 2.05) is 0 Å². The number of aliphatic hydroxyl groups is 1. The summed E-state index contributed by atoms with van der Waals surface area (Å²) >= 11 is 0. The van der Waals surface area contributed by atoms with Crippen LogP contribution in [0.5, 0.6) is 0 Å². The smallest absolute Gasteiger partial charge is 0.391 e. The van der Waals surface area contributed by atoms with E-state index in [4.69, 9.17) is 39.6 Å². The molecule has 0 radical (unpaired) electrons. The highest BCUT2D eigenvalue weighted by atomic mass is 31.2.